The lowest BCUT2D eigenvalue weighted by Gasteiger charge is -2.37. The molecule has 0 bridgehead atoms. The molecule has 0 saturated carbocycles. The summed E-state index contributed by atoms with van der Waals surface area (Å²) in [5.74, 6) is -2.68. The summed E-state index contributed by atoms with van der Waals surface area (Å²) in [6.07, 6.45) is 8.07. The van der Waals surface area contributed by atoms with Crippen LogP contribution in [0.1, 0.15) is 47.8 Å². The Kier molecular flexibility index (Phi) is 10.2. The minimum atomic E-state index is -1.32. The van der Waals surface area contributed by atoms with Gasteiger partial charge in [-0.25, -0.2) is 18.7 Å². The van der Waals surface area contributed by atoms with Gasteiger partial charge in [0, 0.05) is 76.3 Å². The number of carbonyl (C=O) groups excluding carboxylic acids is 2. The number of ketones is 2. The number of ether oxygens (including phenoxy) is 3. The second-order valence-electron chi connectivity index (χ2n) is 13.8. The van der Waals surface area contributed by atoms with Crippen LogP contribution < -0.4 is 4.74 Å². The number of rotatable bonds is 16. The molecule has 5 rings (SSSR count). The Morgan fingerprint density at radius 2 is 1.87 bits per heavy atom. The number of aryl methyl sites for hydroxylation is 2. The summed E-state index contributed by atoms with van der Waals surface area (Å²) in [7, 11) is 0.546. The van der Waals surface area contributed by atoms with Crippen molar-refractivity contribution in [3.05, 3.63) is 71.6 Å². The van der Waals surface area contributed by atoms with Gasteiger partial charge in [-0.15, -0.1) is 0 Å². The Hall–Kier alpha value is -3.74. The number of fused-ring (bicyclic) bond motifs is 1. The molecule has 1 saturated heterocycles. The van der Waals surface area contributed by atoms with Crippen LogP contribution in [-0.2, 0) is 40.9 Å². The lowest BCUT2D eigenvalue weighted by Crippen LogP contribution is -2.40. The van der Waals surface area contributed by atoms with Crippen molar-refractivity contribution < 1.29 is 32.6 Å². The maximum Gasteiger partial charge on any atom is 0.198 e. The summed E-state index contributed by atoms with van der Waals surface area (Å²) in [4.78, 5) is 34.8. The van der Waals surface area contributed by atoms with E-state index in [-0.39, 0.29) is 47.9 Å². The highest BCUT2D eigenvalue weighted by Gasteiger charge is 2.33. The monoisotopic (exact) mass is 652 g/mol. The van der Waals surface area contributed by atoms with E-state index >= 15 is 8.78 Å². The zero-order valence-electron chi connectivity index (χ0n) is 27.2. The Labute approximate surface area is 268 Å². The van der Waals surface area contributed by atoms with Crippen LogP contribution in [0.15, 0.2) is 43.1 Å². The molecule has 0 unspecified atom stereocenters. The fraction of sp³-hybridized carbons (Fsp3) is 0.471. The van der Waals surface area contributed by atoms with Gasteiger partial charge in [-0.3, -0.25) is 9.59 Å². The normalized spacial score (nSPS) is 14.4. The third-order valence-corrected chi connectivity index (χ3v) is 10.1. The van der Waals surface area contributed by atoms with Crippen LogP contribution in [0.3, 0.4) is 0 Å². The predicted octanol–water partition coefficient (Wildman–Crippen LogP) is 6.90. The van der Waals surface area contributed by atoms with E-state index in [0.717, 1.165) is 23.9 Å². The smallest absolute Gasteiger partial charge is 0.198 e. The Morgan fingerprint density at radius 3 is 2.50 bits per heavy atom. The lowest BCUT2D eigenvalue weighted by molar-refractivity contribution is -0.125. The van der Waals surface area contributed by atoms with Crippen LogP contribution in [0.25, 0.3) is 11.0 Å². The first-order chi connectivity index (χ1) is 21.8. The molecule has 0 atom stereocenters. The van der Waals surface area contributed by atoms with Crippen molar-refractivity contribution in [2.75, 3.05) is 19.8 Å². The van der Waals surface area contributed by atoms with Crippen molar-refractivity contribution in [2.24, 2.45) is 12.5 Å². The van der Waals surface area contributed by atoms with E-state index in [1.807, 2.05) is 11.6 Å². The van der Waals surface area contributed by atoms with Crippen molar-refractivity contribution in [1.29, 1.82) is 0 Å². The largest absolute Gasteiger partial charge is 0.450 e. The fourth-order valence-corrected chi connectivity index (χ4v) is 6.15. The van der Waals surface area contributed by atoms with Gasteiger partial charge in [0.25, 0.3) is 0 Å². The van der Waals surface area contributed by atoms with Crippen LogP contribution in [0.5, 0.6) is 11.5 Å². The molecule has 9 nitrogen and oxygen atoms in total. The molecule has 1 aliphatic rings. The summed E-state index contributed by atoms with van der Waals surface area (Å²) in [6, 6.07) is 4.71. The number of nitrogens with zero attached hydrogens (tertiary/aromatic N) is 4. The molecule has 3 aromatic heterocycles. The number of aromatic nitrogens is 4. The van der Waals surface area contributed by atoms with Crippen molar-refractivity contribution in [2.45, 2.75) is 71.4 Å². The quantitative estimate of drug-likeness (QED) is 0.0738. The SMILES string of the molecule is Cn1cncc1CCC(=O)c1cn(COCC[Si](C)(C)C)c2nccc(Oc3c(F)cc(CC(=O)CCC4(C)COC4)cc3F)c12. The molecular formula is C34H42F2N4O5Si. The maximum absolute atomic E-state index is 15.4. The molecule has 46 heavy (non-hydrogen) atoms. The molecule has 0 amide bonds. The molecule has 12 heteroatoms. The molecule has 4 aromatic rings. The number of benzene rings is 1. The van der Waals surface area contributed by atoms with Gasteiger partial charge >= 0.3 is 0 Å². The first-order valence-electron chi connectivity index (χ1n) is 15.6. The van der Waals surface area contributed by atoms with Gasteiger partial charge in [-0.2, -0.15) is 0 Å². The summed E-state index contributed by atoms with van der Waals surface area (Å²) < 4.78 is 51.4. The number of pyridine rings is 1. The minimum Gasteiger partial charge on any atom is -0.450 e. The third kappa shape index (κ3) is 8.15. The average Bonchev–Trinajstić information content (AvgIpc) is 3.56. The summed E-state index contributed by atoms with van der Waals surface area (Å²) in [5, 5.41) is 0.345. The molecule has 0 aliphatic carbocycles. The number of hydrogen-bond acceptors (Lipinski definition) is 7. The van der Waals surface area contributed by atoms with Gasteiger partial charge < -0.3 is 23.3 Å². The second-order valence-corrected chi connectivity index (χ2v) is 19.4. The second kappa shape index (κ2) is 13.9. The highest BCUT2D eigenvalue weighted by Crippen LogP contribution is 2.37. The van der Waals surface area contributed by atoms with Crippen LogP contribution >= 0.6 is 0 Å². The lowest BCUT2D eigenvalue weighted by atomic mass is 9.82. The highest BCUT2D eigenvalue weighted by atomic mass is 28.3. The van der Waals surface area contributed by atoms with Gasteiger partial charge in [-0.05, 0) is 42.6 Å². The molecule has 0 spiro atoms. The molecule has 246 valence electrons. The number of carbonyl (C=O) groups is 2. The zero-order valence-corrected chi connectivity index (χ0v) is 28.2. The van der Waals surface area contributed by atoms with Crippen molar-refractivity contribution in [1.82, 2.24) is 19.1 Å². The van der Waals surface area contributed by atoms with Crippen molar-refractivity contribution in [3.63, 3.8) is 0 Å². The molecule has 0 radical (unpaired) electrons. The van der Waals surface area contributed by atoms with Gasteiger partial charge in [0.2, 0.25) is 0 Å². The summed E-state index contributed by atoms with van der Waals surface area (Å²) in [6.45, 7) is 10.8. The van der Waals surface area contributed by atoms with E-state index in [2.05, 4.69) is 36.5 Å². The third-order valence-electron chi connectivity index (χ3n) is 8.35. The maximum atomic E-state index is 15.4. The van der Waals surface area contributed by atoms with E-state index in [0.29, 0.717) is 55.7 Å². The molecule has 0 N–H and O–H groups in total. The first-order valence-corrected chi connectivity index (χ1v) is 19.3. The Bertz CT molecular complexity index is 1700. The molecule has 1 aromatic carbocycles. The first kappa shape index (κ1) is 33.6. The summed E-state index contributed by atoms with van der Waals surface area (Å²) >= 11 is 0. The van der Waals surface area contributed by atoms with Gasteiger partial charge in [0.1, 0.15) is 23.9 Å². The molecular weight excluding hydrogens is 610 g/mol. The molecule has 4 heterocycles. The van der Waals surface area contributed by atoms with Crippen LogP contribution in [0, 0.1) is 17.0 Å². The van der Waals surface area contributed by atoms with Crippen LogP contribution in [0.4, 0.5) is 8.78 Å². The fourth-order valence-electron chi connectivity index (χ4n) is 5.40. The zero-order chi connectivity index (χ0) is 33.1. The highest BCUT2D eigenvalue weighted by molar-refractivity contribution is 6.76. The average molecular weight is 653 g/mol. The number of Topliss-reactive ketones (excluding diaryl/α,β-unsaturated/α-hetero) is 2. The van der Waals surface area contributed by atoms with Gasteiger partial charge in [-0.1, -0.05) is 26.6 Å². The van der Waals surface area contributed by atoms with E-state index in [9.17, 15) is 9.59 Å². The number of hydrogen-bond donors (Lipinski definition) is 0. The van der Waals surface area contributed by atoms with Gasteiger partial charge in [0.15, 0.2) is 23.2 Å². The van der Waals surface area contributed by atoms with E-state index in [1.165, 1.54) is 12.3 Å². The number of imidazole rings is 1. The minimum absolute atomic E-state index is 0.0163. The Balaban J connectivity index is 1.39. The van der Waals surface area contributed by atoms with E-state index in [1.54, 1.807) is 23.3 Å². The standard InChI is InChI=1S/C34H42F2N4O5Si/c1-34(19-44-20-34)10-8-25(41)14-23-15-27(35)32(28(36)16-23)45-30-9-11-38-33-31(30)26(18-40(33)22-43-12-13-46(3,4)5)29(42)7-6-24-17-37-21-39(24)2/h9,11,15-18,21H,6-8,10,12-14,19-20,22H2,1-5H3. The van der Waals surface area contributed by atoms with Gasteiger partial charge in [0.05, 0.1) is 24.9 Å². The van der Waals surface area contributed by atoms with E-state index < -0.39 is 25.5 Å². The molecule has 1 aliphatic heterocycles. The van der Waals surface area contributed by atoms with Crippen molar-refractivity contribution in [3.8, 4) is 11.5 Å². The Morgan fingerprint density at radius 1 is 1.13 bits per heavy atom. The van der Waals surface area contributed by atoms with E-state index in [4.69, 9.17) is 14.2 Å². The predicted molar refractivity (Wildman–Crippen MR) is 173 cm³/mol. The van der Waals surface area contributed by atoms with Crippen molar-refractivity contribution >= 4 is 30.7 Å². The summed E-state index contributed by atoms with van der Waals surface area (Å²) in [5.41, 5.74) is 1.84. The topological polar surface area (TPSA) is 97.5 Å². The van der Waals surface area contributed by atoms with Crippen LogP contribution in [0.2, 0.25) is 25.7 Å². The molecule has 1 fully saturated rings. The van der Waals surface area contributed by atoms with Crippen LogP contribution in [-0.4, -0.2) is 58.6 Å². The number of halogens is 2.